The first-order valence-corrected chi connectivity index (χ1v) is 9.83. The van der Waals surface area contributed by atoms with Crippen molar-refractivity contribution >= 4 is 33.7 Å². The minimum absolute atomic E-state index is 0.0614. The summed E-state index contributed by atoms with van der Waals surface area (Å²) < 4.78 is 46.5. The Kier molecular flexibility index (Phi) is 5.17. The molecule has 0 aliphatic rings. The van der Waals surface area contributed by atoms with Crippen LogP contribution in [0.4, 0.5) is 18.3 Å². The van der Waals surface area contributed by atoms with Crippen LogP contribution in [0.25, 0.3) is 16.4 Å². The Balaban J connectivity index is 1.65. The van der Waals surface area contributed by atoms with Crippen molar-refractivity contribution in [1.29, 1.82) is 0 Å². The molecule has 1 amide bonds. The second-order valence-electron chi connectivity index (χ2n) is 5.63. The summed E-state index contributed by atoms with van der Waals surface area (Å²) in [6.07, 6.45) is -4.07. The summed E-state index contributed by atoms with van der Waals surface area (Å²) in [4.78, 5) is 12.5. The number of methoxy groups -OCH3 is 1. The first kappa shape index (κ1) is 19.9. The van der Waals surface area contributed by atoms with E-state index in [2.05, 4.69) is 30.8 Å². The van der Waals surface area contributed by atoms with Gasteiger partial charge in [-0.25, -0.2) is 4.68 Å². The van der Waals surface area contributed by atoms with E-state index in [0.717, 1.165) is 23.1 Å². The highest BCUT2D eigenvalue weighted by atomic mass is 32.1. The van der Waals surface area contributed by atoms with Crippen LogP contribution in [0.1, 0.15) is 16.1 Å². The minimum atomic E-state index is -4.88. The van der Waals surface area contributed by atoms with Crippen molar-refractivity contribution in [1.82, 2.24) is 30.2 Å². The molecule has 1 N–H and O–H groups in total. The summed E-state index contributed by atoms with van der Waals surface area (Å²) in [7, 11) is 1.35. The third-order valence-electron chi connectivity index (χ3n) is 3.75. The predicted octanol–water partition coefficient (Wildman–Crippen LogP) is 3.52. The topological polar surface area (TPSA) is 108 Å². The van der Waals surface area contributed by atoms with Crippen molar-refractivity contribution < 1.29 is 22.7 Å². The Labute approximate surface area is 174 Å². The minimum Gasteiger partial charge on any atom is -0.480 e. The average Bonchev–Trinajstić information content (AvgIpc) is 3.46. The molecule has 0 atom stereocenters. The molecule has 0 spiro atoms. The van der Waals surface area contributed by atoms with Gasteiger partial charge in [-0.2, -0.15) is 29.6 Å². The number of ether oxygens (including phenoxy) is 1. The van der Waals surface area contributed by atoms with Gasteiger partial charge in [0.05, 0.1) is 18.9 Å². The first-order chi connectivity index (χ1) is 14.4. The van der Waals surface area contributed by atoms with Crippen molar-refractivity contribution in [3.05, 3.63) is 46.4 Å². The zero-order valence-electron chi connectivity index (χ0n) is 14.9. The van der Waals surface area contributed by atoms with Crippen LogP contribution < -0.4 is 10.1 Å². The Hall–Kier alpha value is -3.39. The van der Waals surface area contributed by atoms with Crippen molar-refractivity contribution in [2.24, 2.45) is 0 Å². The summed E-state index contributed by atoms with van der Waals surface area (Å²) in [6.45, 7) is 0. The SMILES string of the molecule is COc1ccc(-n2ncc(C(=O)Nc3nnc(-c4ccsc4)s3)c2C(F)(F)F)nn1. The molecule has 0 fully saturated rings. The third-order valence-corrected chi connectivity index (χ3v) is 5.32. The molecule has 4 heterocycles. The Bertz CT molecular complexity index is 1170. The lowest BCUT2D eigenvalue weighted by Gasteiger charge is -2.11. The molecule has 4 aromatic rings. The lowest BCUT2D eigenvalue weighted by Crippen LogP contribution is -2.21. The van der Waals surface area contributed by atoms with Crippen molar-refractivity contribution in [2.75, 3.05) is 12.4 Å². The molecule has 0 aliphatic heterocycles. The number of nitrogens with one attached hydrogen (secondary N) is 1. The Morgan fingerprint density at radius 1 is 1.17 bits per heavy atom. The van der Waals surface area contributed by atoms with E-state index in [0.29, 0.717) is 9.69 Å². The number of alkyl halides is 3. The van der Waals surface area contributed by atoms with E-state index in [1.165, 1.54) is 30.6 Å². The first-order valence-electron chi connectivity index (χ1n) is 8.07. The van der Waals surface area contributed by atoms with Crippen LogP contribution >= 0.6 is 22.7 Å². The number of carbonyl (C=O) groups excluding carboxylic acids is 1. The van der Waals surface area contributed by atoms with E-state index >= 15 is 0 Å². The average molecular weight is 453 g/mol. The van der Waals surface area contributed by atoms with Gasteiger partial charge in [0.2, 0.25) is 11.0 Å². The van der Waals surface area contributed by atoms with Gasteiger partial charge < -0.3 is 4.74 Å². The molecule has 9 nitrogen and oxygen atoms in total. The van der Waals surface area contributed by atoms with E-state index in [9.17, 15) is 18.0 Å². The van der Waals surface area contributed by atoms with Gasteiger partial charge in [0.1, 0.15) is 5.01 Å². The molecular formula is C16H10F3N7O2S2. The summed E-state index contributed by atoms with van der Waals surface area (Å²) in [5, 5.41) is 25.3. The summed E-state index contributed by atoms with van der Waals surface area (Å²) >= 11 is 2.50. The highest BCUT2D eigenvalue weighted by Gasteiger charge is 2.41. The van der Waals surface area contributed by atoms with E-state index in [1.807, 2.05) is 16.8 Å². The molecule has 14 heteroatoms. The molecule has 0 bridgehead atoms. The fourth-order valence-electron chi connectivity index (χ4n) is 2.44. The van der Waals surface area contributed by atoms with Gasteiger partial charge in [0, 0.05) is 17.0 Å². The Morgan fingerprint density at radius 3 is 2.63 bits per heavy atom. The number of hydrogen-bond acceptors (Lipinski definition) is 9. The zero-order valence-corrected chi connectivity index (χ0v) is 16.5. The van der Waals surface area contributed by atoms with Crippen molar-refractivity contribution in [2.45, 2.75) is 6.18 Å². The second kappa shape index (κ2) is 7.79. The monoisotopic (exact) mass is 453 g/mol. The van der Waals surface area contributed by atoms with Gasteiger partial charge in [-0.05, 0) is 17.5 Å². The number of rotatable bonds is 5. The number of thiophene rings is 1. The maximum Gasteiger partial charge on any atom is 0.434 e. The smallest absolute Gasteiger partial charge is 0.434 e. The van der Waals surface area contributed by atoms with Crippen molar-refractivity contribution in [3.8, 4) is 22.3 Å². The van der Waals surface area contributed by atoms with Crippen LogP contribution in [-0.4, -0.2) is 43.2 Å². The molecule has 0 unspecified atom stereocenters. The number of aromatic nitrogens is 6. The molecular weight excluding hydrogens is 443 g/mol. The molecule has 154 valence electrons. The fourth-order valence-corrected chi connectivity index (χ4v) is 3.89. The molecule has 0 saturated carbocycles. The van der Waals surface area contributed by atoms with Crippen LogP contribution in [0, 0.1) is 0 Å². The summed E-state index contributed by atoms with van der Waals surface area (Å²) in [5.41, 5.74) is -1.17. The fraction of sp³-hybridized carbons (Fsp3) is 0.125. The number of nitrogens with zero attached hydrogens (tertiary/aromatic N) is 6. The number of amides is 1. The van der Waals surface area contributed by atoms with E-state index in [1.54, 1.807) is 0 Å². The van der Waals surface area contributed by atoms with Crippen LogP contribution in [0.5, 0.6) is 5.88 Å². The highest BCUT2D eigenvalue weighted by Crippen LogP contribution is 2.34. The molecule has 0 radical (unpaired) electrons. The van der Waals surface area contributed by atoms with E-state index in [4.69, 9.17) is 4.74 Å². The van der Waals surface area contributed by atoms with Crippen LogP contribution in [0.2, 0.25) is 0 Å². The number of anilines is 1. The lowest BCUT2D eigenvalue weighted by molar-refractivity contribution is -0.143. The van der Waals surface area contributed by atoms with E-state index < -0.39 is 23.3 Å². The highest BCUT2D eigenvalue weighted by molar-refractivity contribution is 7.19. The standard InChI is InChI=1S/C16H10F3N7O2S2/c1-28-11-3-2-10(22-23-11)26-12(16(17,18)19)9(6-20-26)13(27)21-15-25-24-14(30-15)8-4-5-29-7-8/h2-7H,1H3,(H,21,25,27). The van der Waals surface area contributed by atoms with Gasteiger partial charge in [-0.1, -0.05) is 11.3 Å². The second-order valence-corrected chi connectivity index (χ2v) is 7.39. The number of halogens is 3. The van der Waals surface area contributed by atoms with Gasteiger partial charge in [0.25, 0.3) is 5.91 Å². The van der Waals surface area contributed by atoms with Gasteiger partial charge in [0.15, 0.2) is 11.5 Å². The van der Waals surface area contributed by atoms with Crippen LogP contribution in [0.3, 0.4) is 0 Å². The van der Waals surface area contributed by atoms with Crippen LogP contribution in [-0.2, 0) is 6.18 Å². The number of hydrogen-bond donors (Lipinski definition) is 1. The van der Waals surface area contributed by atoms with Crippen LogP contribution in [0.15, 0.2) is 35.2 Å². The quantitative estimate of drug-likeness (QED) is 0.493. The molecule has 0 aromatic carbocycles. The summed E-state index contributed by atoms with van der Waals surface area (Å²) in [6, 6.07) is 4.39. The van der Waals surface area contributed by atoms with E-state index in [-0.39, 0.29) is 16.8 Å². The lowest BCUT2D eigenvalue weighted by atomic mass is 10.2. The molecule has 4 rings (SSSR count). The third kappa shape index (κ3) is 3.86. The maximum absolute atomic E-state index is 13.7. The number of carbonyl (C=O) groups is 1. The molecule has 4 aromatic heterocycles. The van der Waals surface area contributed by atoms with Gasteiger partial charge in [-0.15, -0.1) is 20.4 Å². The largest absolute Gasteiger partial charge is 0.480 e. The van der Waals surface area contributed by atoms with Gasteiger partial charge in [-0.3, -0.25) is 10.1 Å². The van der Waals surface area contributed by atoms with Gasteiger partial charge >= 0.3 is 6.18 Å². The zero-order chi connectivity index (χ0) is 21.3. The predicted molar refractivity (Wildman–Crippen MR) is 102 cm³/mol. The van der Waals surface area contributed by atoms with Crippen molar-refractivity contribution in [3.63, 3.8) is 0 Å². The normalized spacial score (nSPS) is 11.5. The summed E-state index contributed by atoms with van der Waals surface area (Å²) in [5.74, 6) is -1.13. The molecule has 0 saturated heterocycles. The maximum atomic E-state index is 13.7. The molecule has 0 aliphatic carbocycles. The molecule has 30 heavy (non-hydrogen) atoms. The Morgan fingerprint density at radius 2 is 2.00 bits per heavy atom.